The molecule has 1 aliphatic heterocycles. The van der Waals surface area contributed by atoms with Crippen LogP contribution in [0.3, 0.4) is 0 Å². The van der Waals surface area contributed by atoms with Gasteiger partial charge >= 0.3 is 0 Å². The van der Waals surface area contributed by atoms with Crippen LogP contribution in [0.4, 0.5) is 5.69 Å². The fourth-order valence-electron chi connectivity index (χ4n) is 2.96. The SMILES string of the molecule is Cc1ccc(Sc2ccc(Cl)cc2NC(=O)C2CCS(=O)(=O)C2)c(C)c1. The first kappa shape index (κ1) is 19.3. The molecule has 4 nitrogen and oxygen atoms in total. The van der Waals surface area contributed by atoms with Gasteiger partial charge in [0.05, 0.1) is 23.1 Å². The second-order valence-corrected chi connectivity index (χ2v) is 10.3. The number of hydrogen-bond donors (Lipinski definition) is 1. The molecule has 2 aromatic rings. The monoisotopic (exact) mass is 409 g/mol. The van der Waals surface area contributed by atoms with Crippen molar-refractivity contribution in [2.45, 2.75) is 30.1 Å². The molecule has 1 fully saturated rings. The van der Waals surface area contributed by atoms with E-state index < -0.39 is 15.8 Å². The molecule has 0 spiro atoms. The highest BCUT2D eigenvalue weighted by Crippen LogP contribution is 2.37. The number of hydrogen-bond acceptors (Lipinski definition) is 4. The maximum absolute atomic E-state index is 12.5. The van der Waals surface area contributed by atoms with E-state index in [-0.39, 0.29) is 17.4 Å². The molecule has 0 bridgehead atoms. The third-order valence-corrected chi connectivity index (χ3v) is 7.61. The van der Waals surface area contributed by atoms with Crippen LogP contribution in [0.5, 0.6) is 0 Å². The molecular weight excluding hydrogens is 390 g/mol. The zero-order chi connectivity index (χ0) is 18.9. The summed E-state index contributed by atoms with van der Waals surface area (Å²) in [6, 6.07) is 11.6. The number of nitrogens with one attached hydrogen (secondary N) is 1. The van der Waals surface area contributed by atoms with Gasteiger partial charge in [-0.2, -0.15) is 0 Å². The summed E-state index contributed by atoms with van der Waals surface area (Å²) < 4.78 is 23.2. The molecule has 1 saturated heterocycles. The van der Waals surface area contributed by atoms with Crippen LogP contribution >= 0.6 is 23.4 Å². The first-order chi connectivity index (χ1) is 12.2. The van der Waals surface area contributed by atoms with Gasteiger partial charge in [0.2, 0.25) is 5.91 Å². The van der Waals surface area contributed by atoms with Crippen molar-refractivity contribution in [3.8, 4) is 0 Å². The highest BCUT2D eigenvalue weighted by molar-refractivity contribution is 7.99. The summed E-state index contributed by atoms with van der Waals surface area (Å²) in [6.07, 6.45) is 0.369. The molecule has 0 radical (unpaired) electrons. The van der Waals surface area contributed by atoms with Gasteiger partial charge in [-0.25, -0.2) is 8.42 Å². The summed E-state index contributed by atoms with van der Waals surface area (Å²) in [5.74, 6) is -0.780. The number of carbonyl (C=O) groups is 1. The van der Waals surface area contributed by atoms with Gasteiger partial charge in [-0.15, -0.1) is 0 Å². The third-order valence-electron chi connectivity index (χ3n) is 4.35. The van der Waals surface area contributed by atoms with Crippen molar-refractivity contribution >= 4 is 44.8 Å². The van der Waals surface area contributed by atoms with E-state index in [1.165, 1.54) is 5.56 Å². The standard InChI is InChI=1S/C19H20ClNO3S2/c1-12-3-5-17(13(2)9-12)25-18-6-4-15(20)10-16(18)21-19(22)14-7-8-26(23,24)11-14/h3-6,9-10,14H,7-8,11H2,1-2H3,(H,21,22). The van der Waals surface area contributed by atoms with E-state index in [2.05, 4.69) is 17.4 Å². The lowest BCUT2D eigenvalue weighted by molar-refractivity contribution is -0.119. The normalized spacial score (nSPS) is 18.7. The van der Waals surface area contributed by atoms with Gasteiger partial charge in [-0.1, -0.05) is 41.1 Å². The average molecular weight is 410 g/mol. The maximum atomic E-state index is 12.5. The molecule has 0 saturated carbocycles. The number of benzene rings is 2. The van der Waals surface area contributed by atoms with E-state index in [1.807, 2.05) is 26.0 Å². The van der Waals surface area contributed by atoms with Crippen LogP contribution in [0, 0.1) is 19.8 Å². The van der Waals surface area contributed by atoms with Crippen LogP contribution in [0.1, 0.15) is 17.5 Å². The van der Waals surface area contributed by atoms with Gasteiger partial charge in [0, 0.05) is 14.8 Å². The number of halogens is 1. The van der Waals surface area contributed by atoms with Crippen LogP contribution in [0.15, 0.2) is 46.2 Å². The molecule has 0 aliphatic carbocycles. The summed E-state index contributed by atoms with van der Waals surface area (Å²) in [5, 5.41) is 3.39. The molecular formula is C19H20ClNO3S2. The molecule has 1 amide bonds. The van der Waals surface area contributed by atoms with Gasteiger partial charge < -0.3 is 5.32 Å². The van der Waals surface area contributed by atoms with Crippen molar-refractivity contribution in [1.82, 2.24) is 0 Å². The Balaban J connectivity index is 1.83. The summed E-state index contributed by atoms with van der Waals surface area (Å²) in [7, 11) is -3.10. The second-order valence-electron chi connectivity index (χ2n) is 6.60. The Kier molecular flexibility index (Phi) is 5.65. The molecule has 7 heteroatoms. The van der Waals surface area contributed by atoms with E-state index in [0.29, 0.717) is 17.1 Å². The number of aryl methyl sites for hydroxylation is 2. The largest absolute Gasteiger partial charge is 0.325 e. The van der Waals surface area contributed by atoms with E-state index in [0.717, 1.165) is 15.4 Å². The third kappa shape index (κ3) is 4.61. The Morgan fingerprint density at radius 1 is 1.15 bits per heavy atom. The number of anilines is 1. The molecule has 1 heterocycles. The highest BCUT2D eigenvalue weighted by Gasteiger charge is 2.33. The Hall–Kier alpha value is -1.50. The van der Waals surface area contributed by atoms with Crippen molar-refractivity contribution in [2.24, 2.45) is 5.92 Å². The summed E-state index contributed by atoms with van der Waals surface area (Å²) in [6.45, 7) is 4.10. The van der Waals surface area contributed by atoms with Crippen molar-refractivity contribution in [1.29, 1.82) is 0 Å². The Morgan fingerprint density at radius 3 is 2.54 bits per heavy atom. The highest BCUT2D eigenvalue weighted by atomic mass is 35.5. The van der Waals surface area contributed by atoms with Crippen LogP contribution in [0.25, 0.3) is 0 Å². The quantitative estimate of drug-likeness (QED) is 0.808. The topological polar surface area (TPSA) is 63.2 Å². The van der Waals surface area contributed by atoms with Gasteiger partial charge in [0.1, 0.15) is 0 Å². The summed E-state index contributed by atoms with van der Waals surface area (Å²) >= 11 is 7.65. The molecule has 1 aliphatic rings. The summed E-state index contributed by atoms with van der Waals surface area (Å²) in [5.41, 5.74) is 2.96. The van der Waals surface area contributed by atoms with E-state index in [1.54, 1.807) is 23.9 Å². The number of amides is 1. The molecule has 26 heavy (non-hydrogen) atoms. The fourth-order valence-corrected chi connectivity index (χ4v) is 5.82. The van der Waals surface area contributed by atoms with Gasteiger partial charge in [-0.3, -0.25) is 4.79 Å². The number of carbonyl (C=O) groups excluding carboxylic acids is 1. The number of rotatable bonds is 4. The van der Waals surface area contributed by atoms with E-state index in [9.17, 15) is 13.2 Å². The smallest absolute Gasteiger partial charge is 0.228 e. The molecule has 138 valence electrons. The Bertz CT molecular complexity index is 957. The zero-order valence-corrected chi connectivity index (χ0v) is 17.0. The van der Waals surface area contributed by atoms with Crippen LogP contribution in [-0.2, 0) is 14.6 Å². The molecule has 0 aromatic heterocycles. The minimum Gasteiger partial charge on any atom is -0.325 e. The van der Waals surface area contributed by atoms with Crippen molar-refractivity contribution in [3.05, 3.63) is 52.5 Å². The second kappa shape index (κ2) is 7.62. The van der Waals surface area contributed by atoms with Crippen LogP contribution < -0.4 is 5.32 Å². The molecule has 1 atom stereocenters. The Morgan fingerprint density at radius 2 is 1.88 bits per heavy atom. The Labute approximate surface area is 163 Å². The van der Waals surface area contributed by atoms with Gasteiger partial charge in [0.15, 0.2) is 9.84 Å². The van der Waals surface area contributed by atoms with Crippen LogP contribution in [-0.4, -0.2) is 25.8 Å². The molecule has 1 unspecified atom stereocenters. The van der Waals surface area contributed by atoms with Gasteiger partial charge in [0.25, 0.3) is 0 Å². The average Bonchev–Trinajstić information content (AvgIpc) is 2.92. The lowest BCUT2D eigenvalue weighted by atomic mass is 10.1. The molecule has 1 N–H and O–H groups in total. The molecule has 3 rings (SSSR count). The lowest BCUT2D eigenvalue weighted by Crippen LogP contribution is -2.24. The van der Waals surface area contributed by atoms with Crippen molar-refractivity contribution < 1.29 is 13.2 Å². The zero-order valence-electron chi connectivity index (χ0n) is 14.6. The predicted molar refractivity (Wildman–Crippen MR) is 107 cm³/mol. The van der Waals surface area contributed by atoms with Crippen LogP contribution in [0.2, 0.25) is 5.02 Å². The summed E-state index contributed by atoms with van der Waals surface area (Å²) in [4.78, 5) is 14.5. The molecule has 2 aromatic carbocycles. The maximum Gasteiger partial charge on any atom is 0.228 e. The van der Waals surface area contributed by atoms with Crippen molar-refractivity contribution in [2.75, 3.05) is 16.8 Å². The lowest BCUT2D eigenvalue weighted by Gasteiger charge is -2.15. The van der Waals surface area contributed by atoms with Gasteiger partial charge in [-0.05, 0) is 50.1 Å². The first-order valence-electron chi connectivity index (χ1n) is 8.29. The predicted octanol–water partition coefficient (Wildman–Crippen LogP) is 4.48. The van der Waals surface area contributed by atoms with Crippen molar-refractivity contribution in [3.63, 3.8) is 0 Å². The fraction of sp³-hybridized carbons (Fsp3) is 0.316. The number of sulfone groups is 1. The minimum atomic E-state index is -3.10. The first-order valence-corrected chi connectivity index (χ1v) is 11.3. The van der Waals surface area contributed by atoms with E-state index in [4.69, 9.17) is 11.6 Å². The van der Waals surface area contributed by atoms with E-state index >= 15 is 0 Å². The minimum absolute atomic E-state index is 0.0742.